The number of likely N-dealkylation sites (N-methyl/N-ethyl adjacent to an activating group) is 1. The zero-order valence-electron chi connectivity index (χ0n) is 24.8. The van der Waals surface area contributed by atoms with Crippen LogP contribution in [0.25, 0.3) is 0 Å². The maximum absolute atomic E-state index is 13.0. The molecule has 0 fully saturated rings. The van der Waals surface area contributed by atoms with Crippen LogP contribution in [-0.4, -0.2) is 37.4 Å². The Morgan fingerprint density at radius 2 is 1.34 bits per heavy atom. The maximum atomic E-state index is 13.0. The predicted molar refractivity (Wildman–Crippen MR) is 159 cm³/mol. The molecule has 2 aromatic rings. The summed E-state index contributed by atoms with van der Waals surface area (Å²) in [6, 6.07) is 18.3. The number of carbonyl (C=O) groups is 1. The second kappa shape index (κ2) is 18.8. The number of carbonyl (C=O) groups excluding carboxylic acids is 1. The summed E-state index contributed by atoms with van der Waals surface area (Å²) in [5, 5.41) is 0. The van der Waals surface area contributed by atoms with Gasteiger partial charge < -0.3 is 14.0 Å². The van der Waals surface area contributed by atoms with E-state index in [2.05, 4.69) is 52.2 Å². The highest BCUT2D eigenvalue weighted by Crippen LogP contribution is 2.20. The normalized spacial score (nSPS) is 12.3. The van der Waals surface area contributed by atoms with E-state index in [1.165, 1.54) is 81.8 Å². The van der Waals surface area contributed by atoms with Gasteiger partial charge in [-0.1, -0.05) is 121 Å². The van der Waals surface area contributed by atoms with Gasteiger partial charge in [0, 0.05) is 12.0 Å². The lowest BCUT2D eigenvalue weighted by Crippen LogP contribution is -2.53. The van der Waals surface area contributed by atoms with Crippen molar-refractivity contribution in [2.75, 3.05) is 20.9 Å². The van der Waals surface area contributed by atoms with E-state index in [-0.39, 0.29) is 18.8 Å². The van der Waals surface area contributed by atoms with Crippen LogP contribution in [0.5, 0.6) is 5.75 Å². The minimum atomic E-state index is -0.226. The standard InChI is InChI=1S/C34H54NO3/c1-5-7-8-9-10-11-12-13-14-15-17-22-30-25-20-26-32(27-30)37-29-38-34(36)33(21-6-2)35(3,4)28-31-23-18-16-19-24-31/h16,18-20,23-27,33H,5-15,17,21-22,28-29H2,1-4H3/q+1. The lowest BCUT2D eigenvalue weighted by molar-refractivity contribution is -0.920. The number of unbranched alkanes of at least 4 members (excludes halogenated alkanes) is 10. The maximum Gasteiger partial charge on any atom is 0.367 e. The zero-order chi connectivity index (χ0) is 27.5. The summed E-state index contributed by atoms with van der Waals surface area (Å²) in [4.78, 5) is 13.0. The quantitative estimate of drug-likeness (QED) is 0.0708. The Kier molecular flexibility index (Phi) is 15.8. The Morgan fingerprint density at radius 1 is 0.737 bits per heavy atom. The molecule has 2 aromatic carbocycles. The van der Waals surface area contributed by atoms with Crippen molar-refractivity contribution in [3.8, 4) is 5.75 Å². The highest BCUT2D eigenvalue weighted by atomic mass is 16.7. The van der Waals surface area contributed by atoms with Crippen molar-refractivity contribution < 1.29 is 18.8 Å². The Bertz CT molecular complexity index is 880. The van der Waals surface area contributed by atoms with E-state index >= 15 is 0 Å². The van der Waals surface area contributed by atoms with Gasteiger partial charge in [-0.3, -0.25) is 0 Å². The van der Waals surface area contributed by atoms with Gasteiger partial charge in [0.25, 0.3) is 0 Å². The molecule has 4 heteroatoms. The van der Waals surface area contributed by atoms with Crippen LogP contribution < -0.4 is 4.74 Å². The number of hydrogen-bond acceptors (Lipinski definition) is 3. The number of quaternary nitrogens is 1. The highest BCUT2D eigenvalue weighted by Gasteiger charge is 2.35. The fourth-order valence-corrected chi connectivity index (χ4v) is 5.23. The SMILES string of the molecule is CCCCCCCCCCCCCc1cccc(OCOC(=O)C(CCC)[N+](C)(C)Cc2ccccc2)c1. The van der Waals surface area contributed by atoms with Gasteiger partial charge in [0.15, 0.2) is 6.04 Å². The van der Waals surface area contributed by atoms with Gasteiger partial charge in [0.2, 0.25) is 6.79 Å². The average Bonchev–Trinajstić information content (AvgIpc) is 2.90. The van der Waals surface area contributed by atoms with Gasteiger partial charge in [-0.15, -0.1) is 0 Å². The van der Waals surface area contributed by atoms with Gasteiger partial charge in [-0.05, 0) is 37.0 Å². The minimum absolute atomic E-state index is 0.0493. The van der Waals surface area contributed by atoms with Gasteiger partial charge in [0.05, 0.1) is 14.1 Å². The van der Waals surface area contributed by atoms with E-state index in [0.717, 1.165) is 31.6 Å². The molecule has 0 heterocycles. The summed E-state index contributed by atoms with van der Waals surface area (Å²) >= 11 is 0. The van der Waals surface area contributed by atoms with E-state index < -0.39 is 0 Å². The molecule has 0 bridgehead atoms. The zero-order valence-corrected chi connectivity index (χ0v) is 24.8. The minimum Gasteiger partial charge on any atom is -0.457 e. The lowest BCUT2D eigenvalue weighted by Gasteiger charge is -2.36. The van der Waals surface area contributed by atoms with Crippen LogP contribution in [0.2, 0.25) is 0 Å². The molecule has 0 radical (unpaired) electrons. The molecule has 38 heavy (non-hydrogen) atoms. The number of aryl methyl sites for hydroxylation is 1. The van der Waals surface area contributed by atoms with Crippen molar-refractivity contribution in [3.63, 3.8) is 0 Å². The van der Waals surface area contributed by atoms with Crippen molar-refractivity contribution in [1.82, 2.24) is 0 Å². The predicted octanol–water partition coefficient (Wildman–Crippen LogP) is 8.86. The first-order chi connectivity index (χ1) is 18.5. The first-order valence-electron chi connectivity index (χ1n) is 15.2. The van der Waals surface area contributed by atoms with E-state index in [1.807, 2.05) is 30.3 Å². The van der Waals surface area contributed by atoms with Gasteiger partial charge in [-0.25, -0.2) is 4.79 Å². The summed E-state index contributed by atoms with van der Waals surface area (Å²) in [5.41, 5.74) is 2.51. The molecular formula is C34H54NO3+. The van der Waals surface area contributed by atoms with E-state index in [9.17, 15) is 4.79 Å². The Morgan fingerprint density at radius 3 is 1.97 bits per heavy atom. The number of hydrogen-bond donors (Lipinski definition) is 0. The topological polar surface area (TPSA) is 35.5 Å². The first kappa shape index (κ1) is 31.9. The number of esters is 1. The molecule has 0 saturated heterocycles. The summed E-state index contributed by atoms with van der Waals surface area (Å²) in [7, 11) is 4.21. The Labute approximate surface area is 233 Å². The van der Waals surface area contributed by atoms with E-state index in [1.54, 1.807) is 0 Å². The number of nitrogens with zero attached hydrogens (tertiary/aromatic N) is 1. The van der Waals surface area contributed by atoms with Crippen LogP contribution in [-0.2, 0) is 22.5 Å². The van der Waals surface area contributed by atoms with E-state index in [0.29, 0.717) is 4.48 Å². The Balaban J connectivity index is 1.68. The number of rotatable bonds is 21. The van der Waals surface area contributed by atoms with Crippen LogP contribution in [0.1, 0.15) is 108 Å². The molecule has 4 nitrogen and oxygen atoms in total. The molecule has 0 spiro atoms. The fourth-order valence-electron chi connectivity index (χ4n) is 5.23. The molecule has 0 aromatic heterocycles. The molecule has 0 amide bonds. The van der Waals surface area contributed by atoms with Crippen molar-refractivity contribution >= 4 is 5.97 Å². The summed E-state index contributed by atoms with van der Waals surface area (Å²) < 4.78 is 12.0. The largest absolute Gasteiger partial charge is 0.457 e. The molecule has 0 aliphatic carbocycles. The molecule has 0 saturated carbocycles. The second-order valence-corrected chi connectivity index (χ2v) is 11.4. The third-order valence-electron chi connectivity index (χ3n) is 7.51. The molecule has 0 N–H and O–H groups in total. The van der Waals surface area contributed by atoms with Crippen LogP contribution >= 0.6 is 0 Å². The van der Waals surface area contributed by atoms with Crippen molar-refractivity contribution in [2.45, 2.75) is 116 Å². The fraction of sp³-hybridized carbons (Fsp3) is 0.618. The molecule has 0 aliphatic rings. The third kappa shape index (κ3) is 13.0. The van der Waals surface area contributed by atoms with Crippen molar-refractivity contribution in [2.24, 2.45) is 0 Å². The average molecular weight is 525 g/mol. The molecule has 2 rings (SSSR count). The number of benzene rings is 2. The van der Waals surface area contributed by atoms with Crippen LogP contribution in [0.3, 0.4) is 0 Å². The van der Waals surface area contributed by atoms with Crippen LogP contribution in [0.15, 0.2) is 54.6 Å². The molecular weight excluding hydrogens is 470 g/mol. The molecule has 1 atom stereocenters. The van der Waals surface area contributed by atoms with E-state index in [4.69, 9.17) is 9.47 Å². The van der Waals surface area contributed by atoms with Gasteiger partial charge in [-0.2, -0.15) is 0 Å². The Hall–Kier alpha value is -2.33. The molecule has 1 unspecified atom stereocenters. The summed E-state index contributed by atoms with van der Waals surface area (Å²) in [6.07, 6.45) is 17.7. The third-order valence-corrected chi connectivity index (χ3v) is 7.51. The smallest absolute Gasteiger partial charge is 0.367 e. The highest BCUT2D eigenvalue weighted by molar-refractivity contribution is 5.74. The molecule has 0 aliphatic heterocycles. The van der Waals surface area contributed by atoms with Gasteiger partial charge >= 0.3 is 5.97 Å². The first-order valence-corrected chi connectivity index (χ1v) is 15.2. The second-order valence-electron chi connectivity index (χ2n) is 11.4. The van der Waals surface area contributed by atoms with Crippen molar-refractivity contribution in [3.05, 3.63) is 65.7 Å². The lowest BCUT2D eigenvalue weighted by atomic mass is 10.0. The van der Waals surface area contributed by atoms with Crippen LogP contribution in [0, 0.1) is 0 Å². The summed E-state index contributed by atoms with van der Waals surface area (Å²) in [6.45, 7) is 5.12. The number of ether oxygens (including phenoxy) is 2. The van der Waals surface area contributed by atoms with Crippen LogP contribution in [0.4, 0.5) is 0 Å². The molecule has 212 valence electrons. The summed E-state index contributed by atoms with van der Waals surface area (Å²) in [5.74, 6) is 0.577. The van der Waals surface area contributed by atoms with Gasteiger partial charge in [0.1, 0.15) is 12.3 Å². The van der Waals surface area contributed by atoms with Crippen molar-refractivity contribution in [1.29, 1.82) is 0 Å². The monoisotopic (exact) mass is 524 g/mol.